The third-order valence-corrected chi connectivity index (χ3v) is 2.59. The minimum Gasteiger partial charge on any atom is -0.302 e. The second-order valence-electron chi connectivity index (χ2n) is 2.91. The van der Waals surface area contributed by atoms with E-state index in [1.54, 1.807) is 18.5 Å². The van der Waals surface area contributed by atoms with E-state index in [0.717, 1.165) is 0 Å². The molecule has 0 saturated heterocycles. The molecule has 0 fully saturated rings. The molecule has 1 aromatic rings. The van der Waals surface area contributed by atoms with Gasteiger partial charge in [0.2, 0.25) is 11.1 Å². The maximum Gasteiger partial charge on any atom is 0.225 e. The molecule has 0 aromatic carbocycles. The molecule has 0 bridgehead atoms. The smallest absolute Gasteiger partial charge is 0.225 e. The number of nitrogens with zero attached hydrogens (tertiary/aromatic N) is 3. The Kier molecular flexibility index (Phi) is 4.69. The van der Waals surface area contributed by atoms with Gasteiger partial charge in [0.15, 0.2) is 5.11 Å². The molecular formula is C8H13N5OS2. The SMILES string of the molecule is CCC(=O)NC(=S)Nn1c(C)nnc1SC. The maximum atomic E-state index is 11.1. The maximum absolute atomic E-state index is 11.1. The quantitative estimate of drug-likeness (QED) is 0.614. The second-order valence-corrected chi connectivity index (χ2v) is 4.09. The fourth-order valence-corrected chi connectivity index (χ4v) is 1.64. The second kappa shape index (κ2) is 5.80. The van der Waals surface area contributed by atoms with Crippen LogP contribution >= 0.6 is 24.0 Å². The van der Waals surface area contributed by atoms with Crippen LogP contribution in [0.4, 0.5) is 0 Å². The fourth-order valence-electron chi connectivity index (χ4n) is 0.948. The standard InChI is InChI=1S/C8H13N5OS2/c1-4-6(14)9-7(15)12-13-5(2)10-11-8(13)16-3/h4H2,1-3H3,(H2,9,12,14,15). The van der Waals surface area contributed by atoms with Crippen molar-refractivity contribution < 1.29 is 4.79 Å². The summed E-state index contributed by atoms with van der Waals surface area (Å²) < 4.78 is 1.63. The zero-order chi connectivity index (χ0) is 12.1. The van der Waals surface area contributed by atoms with Crippen LogP contribution < -0.4 is 10.7 Å². The number of carbonyl (C=O) groups is 1. The molecule has 6 nitrogen and oxygen atoms in total. The number of carbonyl (C=O) groups excluding carboxylic acids is 1. The molecular weight excluding hydrogens is 246 g/mol. The lowest BCUT2D eigenvalue weighted by Crippen LogP contribution is -2.38. The van der Waals surface area contributed by atoms with E-state index >= 15 is 0 Å². The summed E-state index contributed by atoms with van der Waals surface area (Å²) in [6.07, 6.45) is 2.27. The van der Waals surface area contributed by atoms with Crippen molar-refractivity contribution in [2.24, 2.45) is 0 Å². The van der Waals surface area contributed by atoms with Gasteiger partial charge in [0.25, 0.3) is 0 Å². The highest BCUT2D eigenvalue weighted by Gasteiger charge is 2.09. The highest BCUT2D eigenvalue weighted by atomic mass is 32.2. The van der Waals surface area contributed by atoms with Gasteiger partial charge in [0.1, 0.15) is 5.82 Å². The minimum atomic E-state index is -0.131. The molecule has 8 heteroatoms. The monoisotopic (exact) mass is 259 g/mol. The zero-order valence-corrected chi connectivity index (χ0v) is 10.9. The number of amides is 1. The Morgan fingerprint density at radius 1 is 1.56 bits per heavy atom. The molecule has 0 atom stereocenters. The zero-order valence-electron chi connectivity index (χ0n) is 9.27. The fraction of sp³-hybridized carbons (Fsp3) is 0.500. The van der Waals surface area contributed by atoms with Crippen LogP contribution in [-0.2, 0) is 4.79 Å². The van der Waals surface area contributed by atoms with Crippen LogP contribution in [0.25, 0.3) is 0 Å². The molecule has 0 spiro atoms. The molecule has 2 N–H and O–H groups in total. The van der Waals surface area contributed by atoms with Crippen molar-refractivity contribution in [1.29, 1.82) is 0 Å². The molecule has 0 aliphatic carbocycles. The van der Waals surface area contributed by atoms with E-state index < -0.39 is 0 Å². The highest BCUT2D eigenvalue weighted by Crippen LogP contribution is 2.10. The van der Waals surface area contributed by atoms with Gasteiger partial charge in [-0.2, -0.15) is 0 Å². The number of hydrogen-bond acceptors (Lipinski definition) is 5. The molecule has 1 amide bonds. The molecule has 88 valence electrons. The van der Waals surface area contributed by atoms with E-state index in [-0.39, 0.29) is 11.0 Å². The Hall–Kier alpha value is -1.15. The number of thioether (sulfide) groups is 1. The molecule has 0 saturated carbocycles. The molecule has 0 aliphatic heterocycles. The van der Waals surface area contributed by atoms with Gasteiger partial charge in [-0.25, -0.2) is 4.68 Å². The average molecular weight is 259 g/mol. The Balaban J connectivity index is 2.69. The topological polar surface area (TPSA) is 71.8 Å². The van der Waals surface area contributed by atoms with Gasteiger partial charge in [0, 0.05) is 6.42 Å². The lowest BCUT2D eigenvalue weighted by Gasteiger charge is -2.11. The summed E-state index contributed by atoms with van der Waals surface area (Å²) in [5.41, 5.74) is 2.85. The Morgan fingerprint density at radius 2 is 2.25 bits per heavy atom. The minimum absolute atomic E-state index is 0.131. The molecule has 1 rings (SSSR count). The first kappa shape index (κ1) is 12.9. The summed E-state index contributed by atoms with van der Waals surface area (Å²) in [5.74, 6) is 0.548. The van der Waals surface area contributed by atoms with Gasteiger partial charge < -0.3 is 5.32 Å². The molecule has 1 aromatic heterocycles. The lowest BCUT2D eigenvalue weighted by atomic mass is 10.5. The normalized spacial score (nSPS) is 9.94. The number of hydrogen-bond donors (Lipinski definition) is 2. The Bertz CT molecular complexity index is 403. The van der Waals surface area contributed by atoms with E-state index in [0.29, 0.717) is 17.4 Å². The largest absolute Gasteiger partial charge is 0.302 e. The molecule has 16 heavy (non-hydrogen) atoms. The molecule has 1 heterocycles. The van der Waals surface area contributed by atoms with Gasteiger partial charge in [-0.3, -0.25) is 10.2 Å². The van der Waals surface area contributed by atoms with Crippen LogP contribution in [0, 0.1) is 6.92 Å². The molecule has 0 unspecified atom stereocenters. The summed E-state index contributed by atoms with van der Waals surface area (Å²) in [7, 11) is 0. The molecule has 0 radical (unpaired) electrons. The van der Waals surface area contributed by atoms with E-state index in [1.807, 2.05) is 6.26 Å². The van der Waals surface area contributed by atoms with Crippen molar-refractivity contribution >= 4 is 35.0 Å². The first-order valence-electron chi connectivity index (χ1n) is 4.65. The van der Waals surface area contributed by atoms with Gasteiger partial charge in [-0.1, -0.05) is 18.7 Å². The average Bonchev–Trinajstić information content (AvgIpc) is 2.60. The third kappa shape index (κ3) is 3.17. The first-order chi connectivity index (χ1) is 7.58. The summed E-state index contributed by atoms with van der Waals surface area (Å²) in [6.45, 7) is 3.55. The predicted octanol–water partition coefficient (Wildman–Crippen LogP) is 0.663. The Labute approximate surface area is 103 Å². The van der Waals surface area contributed by atoms with Crippen LogP contribution in [0.2, 0.25) is 0 Å². The first-order valence-corrected chi connectivity index (χ1v) is 6.28. The third-order valence-electron chi connectivity index (χ3n) is 1.77. The molecule has 0 aliphatic rings. The van der Waals surface area contributed by atoms with Crippen molar-refractivity contribution in [3.63, 3.8) is 0 Å². The summed E-state index contributed by atoms with van der Waals surface area (Å²) in [6, 6.07) is 0. The van der Waals surface area contributed by atoms with Crippen molar-refractivity contribution in [2.75, 3.05) is 11.7 Å². The van der Waals surface area contributed by atoms with Crippen molar-refractivity contribution in [2.45, 2.75) is 25.4 Å². The van der Waals surface area contributed by atoms with Crippen LogP contribution in [-0.4, -0.2) is 32.1 Å². The predicted molar refractivity (Wildman–Crippen MR) is 66.9 cm³/mol. The van der Waals surface area contributed by atoms with Gasteiger partial charge in [-0.15, -0.1) is 10.2 Å². The number of aromatic nitrogens is 3. The van der Waals surface area contributed by atoms with Crippen LogP contribution in [0.15, 0.2) is 5.16 Å². The number of rotatable bonds is 3. The summed E-state index contributed by atoms with van der Waals surface area (Å²) in [4.78, 5) is 11.1. The van der Waals surface area contributed by atoms with E-state index in [1.165, 1.54) is 11.8 Å². The lowest BCUT2D eigenvalue weighted by molar-refractivity contribution is -0.119. The van der Waals surface area contributed by atoms with Crippen molar-refractivity contribution in [3.05, 3.63) is 5.82 Å². The van der Waals surface area contributed by atoms with Gasteiger partial charge >= 0.3 is 0 Å². The van der Waals surface area contributed by atoms with E-state index in [4.69, 9.17) is 12.2 Å². The number of thiocarbonyl (C=S) groups is 1. The summed E-state index contributed by atoms with van der Waals surface area (Å²) in [5, 5.41) is 11.3. The van der Waals surface area contributed by atoms with Crippen LogP contribution in [0.1, 0.15) is 19.2 Å². The number of aryl methyl sites for hydroxylation is 1. The highest BCUT2D eigenvalue weighted by molar-refractivity contribution is 7.98. The van der Waals surface area contributed by atoms with Crippen molar-refractivity contribution in [3.8, 4) is 0 Å². The van der Waals surface area contributed by atoms with Gasteiger partial charge in [-0.05, 0) is 25.4 Å². The van der Waals surface area contributed by atoms with E-state index in [9.17, 15) is 4.79 Å². The van der Waals surface area contributed by atoms with Crippen molar-refractivity contribution in [1.82, 2.24) is 20.2 Å². The Morgan fingerprint density at radius 3 is 2.81 bits per heavy atom. The van der Waals surface area contributed by atoms with Gasteiger partial charge in [0.05, 0.1) is 0 Å². The van der Waals surface area contributed by atoms with Crippen LogP contribution in [0.3, 0.4) is 0 Å². The van der Waals surface area contributed by atoms with Crippen LogP contribution in [0.5, 0.6) is 0 Å². The summed E-state index contributed by atoms with van der Waals surface area (Å²) >= 11 is 6.42. The number of nitrogens with one attached hydrogen (secondary N) is 2. The van der Waals surface area contributed by atoms with E-state index in [2.05, 4.69) is 20.9 Å².